The van der Waals surface area contributed by atoms with Crippen LogP contribution in [-0.4, -0.2) is 12.5 Å². The first-order valence-corrected chi connectivity index (χ1v) is 6.64. The summed E-state index contributed by atoms with van der Waals surface area (Å²) < 4.78 is 5.43. The lowest BCUT2D eigenvalue weighted by atomic mass is 10.1. The van der Waals surface area contributed by atoms with Gasteiger partial charge in [-0.1, -0.05) is 31.2 Å². The molecule has 3 heteroatoms. The molecule has 0 aliphatic heterocycles. The highest BCUT2D eigenvalue weighted by Gasteiger charge is 2.38. The van der Waals surface area contributed by atoms with Crippen LogP contribution in [0, 0.1) is 11.8 Å². The fourth-order valence-corrected chi connectivity index (χ4v) is 2.08. The van der Waals surface area contributed by atoms with Crippen molar-refractivity contribution in [2.24, 2.45) is 11.8 Å². The van der Waals surface area contributed by atoms with Crippen molar-refractivity contribution in [1.29, 1.82) is 0 Å². The van der Waals surface area contributed by atoms with Gasteiger partial charge in [0.15, 0.2) is 0 Å². The molecule has 2 unspecified atom stereocenters. The summed E-state index contributed by atoms with van der Waals surface area (Å²) in [7, 11) is 0. The maximum Gasteiger partial charge on any atom is 0.223 e. The molecule has 1 saturated carbocycles. The van der Waals surface area contributed by atoms with Gasteiger partial charge in [0, 0.05) is 19.1 Å². The standard InChI is InChI=1S/C15H21NO2/c1-3-18-10-13-7-5-4-6-12(13)9-16-15(17)14-8-11(14)2/h4-7,11,14H,3,8-10H2,1-2H3,(H,16,17). The number of benzene rings is 1. The Morgan fingerprint density at radius 3 is 2.67 bits per heavy atom. The predicted octanol–water partition coefficient (Wildman–Crippen LogP) is 2.50. The lowest BCUT2D eigenvalue weighted by molar-refractivity contribution is -0.122. The average molecular weight is 247 g/mol. The van der Waals surface area contributed by atoms with E-state index in [0.717, 1.165) is 17.5 Å². The number of carbonyl (C=O) groups excluding carboxylic acids is 1. The summed E-state index contributed by atoms with van der Waals surface area (Å²) in [6.07, 6.45) is 1.03. The van der Waals surface area contributed by atoms with Crippen LogP contribution in [0.1, 0.15) is 31.4 Å². The Morgan fingerprint density at radius 1 is 1.39 bits per heavy atom. The zero-order chi connectivity index (χ0) is 13.0. The van der Waals surface area contributed by atoms with Crippen molar-refractivity contribution in [3.63, 3.8) is 0 Å². The topological polar surface area (TPSA) is 38.3 Å². The van der Waals surface area contributed by atoms with E-state index in [1.165, 1.54) is 0 Å². The Bertz CT molecular complexity index is 417. The molecule has 0 saturated heterocycles. The molecule has 1 aliphatic rings. The van der Waals surface area contributed by atoms with Gasteiger partial charge in [0.25, 0.3) is 0 Å². The first-order chi connectivity index (χ1) is 8.72. The number of rotatable bonds is 6. The van der Waals surface area contributed by atoms with Gasteiger partial charge in [-0.3, -0.25) is 4.79 Å². The van der Waals surface area contributed by atoms with E-state index in [1.807, 2.05) is 25.1 Å². The third-order valence-electron chi connectivity index (χ3n) is 3.48. The summed E-state index contributed by atoms with van der Waals surface area (Å²) >= 11 is 0. The smallest absolute Gasteiger partial charge is 0.223 e. The molecule has 1 fully saturated rings. The minimum atomic E-state index is 0.189. The van der Waals surface area contributed by atoms with Crippen LogP contribution in [0.5, 0.6) is 0 Å². The van der Waals surface area contributed by atoms with Crippen molar-refractivity contribution >= 4 is 5.91 Å². The second kappa shape index (κ2) is 6.01. The van der Waals surface area contributed by atoms with Crippen LogP contribution in [0.15, 0.2) is 24.3 Å². The number of hydrogen-bond acceptors (Lipinski definition) is 2. The van der Waals surface area contributed by atoms with E-state index in [0.29, 0.717) is 25.7 Å². The highest BCUT2D eigenvalue weighted by Crippen LogP contribution is 2.37. The number of nitrogens with one attached hydrogen (secondary N) is 1. The number of carbonyl (C=O) groups is 1. The van der Waals surface area contributed by atoms with Crippen LogP contribution < -0.4 is 5.32 Å². The van der Waals surface area contributed by atoms with Gasteiger partial charge in [-0.05, 0) is 30.4 Å². The Morgan fingerprint density at radius 2 is 2.06 bits per heavy atom. The van der Waals surface area contributed by atoms with Crippen molar-refractivity contribution in [2.75, 3.05) is 6.61 Å². The van der Waals surface area contributed by atoms with Crippen molar-refractivity contribution in [3.05, 3.63) is 35.4 Å². The third-order valence-corrected chi connectivity index (χ3v) is 3.48. The zero-order valence-electron chi connectivity index (χ0n) is 11.1. The Labute approximate surface area is 109 Å². The maximum absolute atomic E-state index is 11.8. The Hall–Kier alpha value is -1.35. The molecule has 0 radical (unpaired) electrons. The zero-order valence-corrected chi connectivity index (χ0v) is 11.1. The molecule has 2 rings (SSSR count). The summed E-state index contributed by atoms with van der Waals surface area (Å²) in [6.45, 7) is 6.03. The highest BCUT2D eigenvalue weighted by atomic mass is 16.5. The van der Waals surface area contributed by atoms with Gasteiger partial charge in [0.2, 0.25) is 5.91 Å². The molecular formula is C15H21NO2. The van der Waals surface area contributed by atoms with Crippen molar-refractivity contribution < 1.29 is 9.53 Å². The van der Waals surface area contributed by atoms with Gasteiger partial charge in [0.05, 0.1) is 6.61 Å². The van der Waals surface area contributed by atoms with Crippen LogP contribution in [-0.2, 0) is 22.7 Å². The lowest BCUT2D eigenvalue weighted by Gasteiger charge is -2.10. The van der Waals surface area contributed by atoms with Gasteiger partial charge in [-0.15, -0.1) is 0 Å². The lowest BCUT2D eigenvalue weighted by Crippen LogP contribution is -2.25. The summed E-state index contributed by atoms with van der Waals surface area (Å²) in [5, 5.41) is 3.01. The monoisotopic (exact) mass is 247 g/mol. The van der Waals surface area contributed by atoms with E-state index >= 15 is 0 Å². The average Bonchev–Trinajstić information content (AvgIpc) is 3.11. The molecule has 0 heterocycles. The van der Waals surface area contributed by atoms with E-state index in [2.05, 4.69) is 18.3 Å². The molecule has 0 spiro atoms. The summed E-state index contributed by atoms with van der Waals surface area (Å²) in [6, 6.07) is 8.10. The third kappa shape index (κ3) is 3.33. The highest BCUT2D eigenvalue weighted by molar-refractivity contribution is 5.81. The summed E-state index contributed by atoms with van der Waals surface area (Å²) in [5.41, 5.74) is 2.30. The van der Waals surface area contributed by atoms with E-state index < -0.39 is 0 Å². The maximum atomic E-state index is 11.8. The SMILES string of the molecule is CCOCc1ccccc1CNC(=O)C1CC1C. The normalized spacial score (nSPS) is 21.7. The van der Waals surface area contributed by atoms with Crippen LogP contribution in [0.25, 0.3) is 0 Å². The van der Waals surface area contributed by atoms with E-state index in [9.17, 15) is 4.79 Å². The van der Waals surface area contributed by atoms with Crippen molar-refractivity contribution in [1.82, 2.24) is 5.32 Å². The summed E-state index contributed by atoms with van der Waals surface area (Å²) in [5.74, 6) is 0.987. The van der Waals surface area contributed by atoms with E-state index in [1.54, 1.807) is 0 Å². The largest absolute Gasteiger partial charge is 0.377 e. The summed E-state index contributed by atoms with van der Waals surface area (Å²) in [4.78, 5) is 11.8. The van der Waals surface area contributed by atoms with Crippen LogP contribution in [0.3, 0.4) is 0 Å². The van der Waals surface area contributed by atoms with Gasteiger partial charge in [0.1, 0.15) is 0 Å². The number of hydrogen-bond donors (Lipinski definition) is 1. The molecule has 1 N–H and O–H groups in total. The van der Waals surface area contributed by atoms with E-state index in [4.69, 9.17) is 4.74 Å². The van der Waals surface area contributed by atoms with Crippen LogP contribution in [0.4, 0.5) is 0 Å². The first-order valence-electron chi connectivity index (χ1n) is 6.64. The molecule has 1 amide bonds. The molecule has 3 nitrogen and oxygen atoms in total. The second-order valence-corrected chi connectivity index (χ2v) is 4.94. The minimum absolute atomic E-state index is 0.189. The van der Waals surface area contributed by atoms with Crippen molar-refractivity contribution in [3.8, 4) is 0 Å². The molecule has 2 atom stereocenters. The number of amides is 1. The molecule has 1 aromatic carbocycles. The Balaban J connectivity index is 1.89. The fraction of sp³-hybridized carbons (Fsp3) is 0.533. The van der Waals surface area contributed by atoms with Crippen LogP contribution in [0.2, 0.25) is 0 Å². The number of ether oxygens (including phenoxy) is 1. The Kier molecular flexibility index (Phi) is 4.37. The fourth-order valence-electron chi connectivity index (χ4n) is 2.08. The predicted molar refractivity (Wildman–Crippen MR) is 70.9 cm³/mol. The first kappa shape index (κ1) is 13.1. The van der Waals surface area contributed by atoms with Gasteiger partial charge in [-0.2, -0.15) is 0 Å². The molecule has 0 bridgehead atoms. The molecule has 0 aromatic heterocycles. The molecule has 1 aromatic rings. The van der Waals surface area contributed by atoms with Gasteiger partial charge in [-0.25, -0.2) is 0 Å². The van der Waals surface area contributed by atoms with Gasteiger partial charge >= 0.3 is 0 Å². The van der Waals surface area contributed by atoms with Crippen LogP contribution >= 0.6 is 0 Å². The molecule has 18 heavy (non-hydrogen) atoms. The second-order valence-electron chi connectivity index (χ2n) is 4.94. The minimum Gasteiger partial charge on any atom is -0.377 e. The quantitative estimate of drug-likeness (QED) is 0.838. The van der Waals surface area contributed by atoms with E-state index in [-0.39, 0.29) is 11.8 Å². The molecule has 98 valence electrons. The molecule has 1 aliphatic carbocycles. The van der Waals surface area contributed by atoms with Crippen molar-refractivity contribution in [2.45, 2.75) is 33.4 Å². The molecular weight excluding hydrogens is 226 g/mol. The van der Waals surface area contributed by atoms with Gasteiger partial charge < -0.3 is 10.1 Å².